The Hall–Kier alpha value is -2.66. The summed E-state index contributed by atoms with van der Waals surface area (Å²) in [5, 5.41) is 4.82. The Morgan fingerprint density at radius 2 is 2.09 bits per heavy atom. The Balaban J connectivity index is 1.72. The van der Waals surface area contributed by atoms with Crippen molar-refractivity contribution < 1.29 is 4.79 Å². The quantitative estimate of drug-likeness (QED) is 0.582. The Morgan fingerprint density at radius 3 is 2.82 bits per heavy atom. The predicted octanol–water partition coefficient (Wildman–Crippen LogP) is 4.13. The standard InChI is InChI=1S/C17H15N3OS/c1-2-3-4-5-16(21)18-14-8-6-13(7-9-14)15-12-20-10-11-22-17(20)19-15/h2-12H,1H3,(H,18,21)/b3-2+,5-4+. The molecule has 1 N–H and O–H groups in total. The molecule has 0 bridgehead atoms. The molecular weight excluding hydrogens is 294 g/mol. The van der Waals surface area contributed by atoms with E-state index < -0.39 is 0 Å². The highest BCUT2D eigenvalue weighted by Gasteiger charge is 2.05. The number of nitrogens with zero attached hydrogens (tertiary/aromatic N) is 2. The average Bonchev–Trinajstić information content (AvgIpc) is 3.09. The van der Waals surface area contributed by atoms with Gasteiger partial charge >= 0.3 is 0 Å². The molecule has 0 aliphatic carbocycles. The molecule has 22 heavy (non-hydrogen) atoms. The Bertz CT molecular complexity index is 812. The number of rotatable bonds is 4. The lowest BCUT2D eigenvalue weighted by Crippen LogP contribution is -2.07. The average molecular weight is 309 g/mol. The third-order valence-electron chi connectivity index (χ3n) is 3.09. The van der Waals surface area contributed by atoms with Crippen molar-refractivity contribution in [3.05, 3.63) is 66.3 Å². The maximum Gasteiger partial charge on any atom is 0.248 e. The number of amides is 1. The maximum absolute atomic E-state index is 11.7. The van der Waals surface area contributed by atoms with Crippen LogP contribution in [0.4, 0.5) is 5.69 Å². The number of imidazole rings is 1. The van der Waals surface area contributed by atoms with Gasteiger partial charge in [-0.05, 0) is 19.1 Å². The molecule has 0 saturated heterocycles. The number of hydrogen-bond donors (Lipinski definition) is 1. The zero-order valence-corrected chi connectivity index (χ0v) is 12.9. The molecule has 1 aromatic carbocycles. The lowest BCUT2D eigenvalue weighted by molar-refractivity contribution is -0.111. The van der Waals surface area contributed by atoms with Crippen molar-refractivity contribution in [3.8, 4) is 11.3 Å². The minimum atomic E-state index is -0.145. The van der Waals surface area contributed by atoms with Gasteiger partial charge in [-0.2, -0.15) is 0 Å². The zero-order valence-electron chi connectivity index (χ0n) is 12.1. The maximum atomic E-state index is 11.7. The fourth-order valence-electron chi connectivity index (χ4n) is 2.03. The summed E-state index contributed by atoms with van der Waals surface area (Å²) in [7, 11) is 0. The van der Waals surface area contributed by atoms with Gasteiger partial charge in [-0.1, -0.05) is 30.4 Å². The largest absolute Gasteiger partial charge is 0.323 e. The Morgan fingerprint density at radius 1 is 1.27 bits per heavy atom. The van der Waals surface area contributed by atoms with E-state index in [9.17, 15) is 4.79 Å². The van der Waals surface area contributed by atoms with Crippen molar-refractivity contribution in [3.63, 3.8) is 0 Å². The summed E-state index contributed by atoms with van der Waals surface area (Å²) in [5.41, 5.74) is 2.72. The molecule has 0 spiro atoms. The number of aromatic nitrogens is 2. The van der Waals surface area contributed by atoms with Gasteiger partial charge in [-0.25, -0.2) is 4.98 Å². The summed E-state index contributed by atoms with van der Waals surface area (Å²) in [4.78, 5) is 17.2. The van der Waals surface area contributed by atoms with Crippen molar-refractivity contribution >= 4 is 27.9 Å². The molecule has 2 aromatic heterocycles. The summed E-state index contributed by atoms with van der Waals surface area (Å²) in [5.74, 6) is -0.145. The molecule has 0 atom stereocenters. The van der Waals surface area contributed by atoms with Crippen LogP contribution in [0.1, 0.15) is 6.92 Å². The molecule has 3 aromatic rings. The van der Waals surface area contributed by atoms with Gasteiger partial charge in [0.25, 0.3) is 0 Å². The van der Waals surface area contributed by atoms with Crippen molar-refractivity contribution in [2.75, 3.05) is 5.32 Å². The smallest absolute Gasteiger partial charge is 0.248 e. The van der Waals surface area contributed by atoms with Crippen LogP contribution < -0.4 is 5.32 Å². The number of carbonyl (C=O) groups excluding carboxylic acids is 1. The van der Waals surface area contributed by atoms with E-state index in [0.717, 1.165) is 21.9 Å². The number of allylic oxidation sites excluding steroid dienone is 3. The normalized spacial score (nSPS) is 11.7. The highest BCUT2D eigenvalue weighted by molar-refractivity contribution is 7.15. The summed E-state index contributed by atoms with van der Waals surface area (Å²) >= 11 is 1.61. The second kappa shape index (κ2) is 6.41. The molecule has 1 amide bonds. The summed E-state index contributed by atoms with van der Waals surface area (Å²) in [6, 6.07) is 7.67. The first-order chi connectivity index (χ1) is 10.8. The summed E-state index contributed by atoms with van der Waals surface area (Å²) in [6.45, 7) is 1.90. The number of nitrogens with one attached hydrogen (secondary N) is 1. The van der Waals surface area contributed by atoms with Crippen LogP contribution in [0.2, 0.25) is 0 Å². The van der Waals surface area contributed by atoms with Crippen LogP contribution in [0, 0.1) is 0 Å². The summed E-state index contributed by atoms with van der Waals surface area (Å²) in [6.07, 6.45) is 10.9. The molecule has 110 valence electrons. The summed E-state index contributed by atoms with van der Waals surface area (Å²) < 4.78 is 2.00. The van der Waals surface area contributed by atoms with E-state index in [0.29, 0.717) is 0 Å². The molecule has 0 aliphatic heterocycles. The SMILES string of the molecule is C/C=C/C=C/C(=O)Nc1ccc(-c2cn3ccsc3n2)cc1. The molecule has 0 fully saturated rings. The van der Waals surface area contributed by atoms with Crippen LogP contribution >= 0.6 is 11.3 Å². The highest BCUT2D eigenvalue weighted by atomic mass is 32.1. The van der Waals surface area contributed by atoms with Gasteiger partial charge in [-0.15, -0.1) is 11.3 Å². The van der Waals surface area contributed by atoms with Gasteiger partial charge in [0.1, 0.15) is 0 Å². The van der Waals surface area contributed by atoms with E-state index in [-0.39, 0.29) is 5.91 Å². The Kier molecular flexibility index (Phi) is 4.16. The molecule has 4 nitrogen and oxygen atoms in total. The molecule has 0 saturated carbocycles. The van der Waals surface area contributed by atoms with Gasteiger partial charge in [0.2, 0.25) is 5.91 Å². The van der Waals surface area contributed by atoms with Crippen molar-refractivity contribution in [1.29, 1.82) is 0 Å². The second-order valence-electron chi connectivity index (χ2n) is 4.67. The third kappa shape index (κ3) is 3.15. The molecular formula is C17H15N3OS. The number of thiazole rings is 1. The monoisotopic (exact) mass is 309 g/mol. The first-order valence-electron chi connectivity index (χ1n) is 6.89. The second-order valence-corrected chi connectivity index (χ2v) is 5.54. The number of anilines is 1. The van der Waals surface area contributed by atoms with Crippen LogP contribution in [0.15, 0.2) is 66.3 Å². The van der Waals surface area contributed by atoms with E-state index >= 15 is 0 Å². The molecule has 0 radical (unpaired) electrons. The van der Waals surface area contributed by atoms with Crippen LogP contribution in [0.5, 0.6) is 0 Å². The van der Waals surface area contributed by atoms with Crippen LogP contribution in [0.25, 0.3) is 16.2 Å². The molecule has 2 heterocycles. The minimum Gasteiger partial charge on any atom is -0.323 e. The third-order valence-corrected chi connectivity index (χ3v) is 3.86. The molecule has 0 unspecified atom stereocenters. The van der Waals surface area contributed by atoms with Gasteiger partial charge in [0.15, 0.2) is 4.96 Å². The van der Waals surface area contributed by atoms with E-state index in [1.54, 1.807) is 17.4 Å². The van der Waals surface area contributed by atoms with Gasteiger partial charge in [-0.3, -0.25) is 9.20 Å². The van der Waals surface area contributed by atoms with Gasteiger partial charge < -0.3 is 5.32 Å². The van der Waals surface area contributed by atoms with Crippen molar-refractivity contribution in [2.24, 2.45) is 0 Å². The lowest BCUT2D eigenvalue weighted by Gasteiger charge is -2.03. The lowest BCUT2D eigenvalue weighted by atomic mass is 10.1. The number of fused-ring (bicyclic) bond motifs is 1. The number of carbonyl (C=O) groups is 1. The molecule has 5 heteroatoms. The fourth-order valence-corrected chi connectivity index (χ4v) is 2.73. The van der Waals surface area contributed by atoms with Crippen molar-refractivity contribution in [2.45, 2.75) is 6.92 Å². The van der Waals surface area contributed by atoms with Crippen LogP contribution in [-0.2, 0) is 4.79 Å². The van der Waals surface area contributed by atoms with Gasteiger partial charge in [0, 0.05) is 35.1 Å². The van der Waals surface area contributed by atoms with E-state index in [1.165, 1.54) is 6.08 Å². The van der Waals surface area contributed by atoms with E-state index in [2.05, 4.69) is 10.3 Å². The molecule has 3 rings (SSSR count). The topological polar surface area (TPSA) is 46.4 Å². The number of hydrogen-bond acceptors (Lipinski definition) is 3. The molecule has 0 aliphatic rings. The minimum absolute atomic E-state index is 0.145. The van der Waals surface area contributed by atoms with E-state index in [4.69, 9.17) is 0 Å². The first kappa shape index (κ1) is 14.3. The van der Waals surface area contributed by atoms with E-state index in [1.807, 2.05) is 65.5 Å². The predicted molar refractivity (Wildman–Crippen MR) is 91.1 cm³/mol. The fraction of sp³-hybridized carbons (Fsp3) is 0.0588. The highest BCUT2D eigenvalue weighted by Crippen LogP contribution is 2.23. The van der Waals surface area contributed by atoms with Crippen LogP contribution in [-0.4, -0.2) is 15.3 Å². The Labute approximate surface area is 132 Å². The number of benzene rings is 1. The van der Waals surface area contributed by atoms with Gasteiger partial charge in [0.05, 0.1) is 5.69 Å². The first-order valence-corrected chi connectivity index (χ1v) is 7.77. The van der Waals surface area contributed by atoms with Crippen LogP contribution in [0.3, 0.4) is 0 Å². The zero-order chi connectivity index (χ0) is 15.4. The van der Waals surface area contributed by atoms with Crippen molar-refractivity contribution in [1.82, 2.24) is 9.38 Å².